The standard InChI is InChI=1S/C19H24FN5O3/c1-21-18(26)13-5-8-16(17(11-13)28-10-4-2-3-9-20)25-12-15(23-24-25)19(27)22-14-6-7-14/h5,8,11-12,14H,2-4,6-7,9-10H2,1H3,(H,21,26)(H,22,27). The van der Waals surface area contributed by atoms with Crippen molar-refractivity contribution >= 4 is 11.8 Å². The second kappa shape index (κ2) is 9.29. The van der Waals surface area contributed by atoms with Crippen molar-refractivity contribution in [3.63, 3.8) is 0 Å². The predicted molar refractivity (Wildman–Crippen MR) is 101 cm³/mol. The molecule has 2 N–H and O–H groups in total. The summed E-state index contributed by atoms with van der Waals surface area (Å²) < 4.78 is 19.5. The van der Waals surface area contributed by atoms with Crippen LogP contribution in [0.1, 0.15) is 53.0 Å². The first-order chi connectivity index (χ1) is 13.6. The zero-order valence-corrected chi connectivity index (χ0v) is 15.8. The third-order valence-electron chi connectivity index (χ3n) is 4.37. The molecular formula is C19H24FN5O3. The molecular weight excluding hydrogens is 365 g/mol. The van der Waals surface area contributed by atoms with Gasteiger partial charge in [-0.05, 0) is 50.3 Å². The number of ether oxygens (including phenoxy) is 1. The molecule has 1 heterocycles. The van der Waals surface area contributed by atoms with Gasteiger partial charge in [-0.3, -0.25) is 14.0 Å². The van der Waals surface area contributed by atoms with E-state index in [0.29, 0.717) is 36.4 Å². The van der Waals surface area contributed by atoms with Crippen LogP contribution in [0.2, 0.25) is 0 Å². The molecule has 2 aromatic rings. The minimum absolute atomic E-state index is 0.219. The molecule has 3 rings (SSSR count). The number of halogens is 1. The van der Waals surface area contributed by atoms with Crippen LogP contribution in [0.15, 0.2) is 24.4 Å². The van der Waals surface area contributed by atoms with Crippen LogP contribution in [0.3, 0.4) is 0 Å². The number of alkyl halides is 1. The summed E-state index contributed by atoms with van der Waals surface area (Å²) in [6, 6.07) is 5.19. The highest BCUT2D eigenvalue weighted by Crippen LogP contribution is 2.25. The number of nitrogens with zero attached hydrogens (tertiary/aromatic N) is 3. The normalized spacial score (nSPS) is 13.2. The van der Waals surface area contributed by atoms with Crippen LogP contribution >= 0.6 is 0 Å². The summed E-state index contributed by atoms with van der Waals surface area (Å²) in [6.07, 6.45) is 5.41. The maximum atomic E-state index is 12.2. The molecule has 0 atom stereocenters. The third-order valence-corrected chi connectivity index (χ3v) is 4.37. The van der Waals surface area contributed by atoms with Crippen molar-refractivity contribution in [2.24, 2.45) is 0 Å². The van der Waals surface area contributed by atoms with Crippen LogP contribution in [0.4, 0.5) is 4.39 Å². The second-order valence-electron chi connectivity index (χ2n) is 6.66. The topological polar surface area (TPSA) is 98.1 Å². The second-order valence-corrected chi connectivity index (χ2v) is 6.66. The van der Waals surface area contributed by atoms with Gasteiger partial charge < -0.3 is 15.4 Å². The van der Waals surface area contributed by atoms with Gasteiger partial charge in [0.1, 0.15) is 11.4 Å². The maximum absolute atomic E-state index is 12.2. The molecule has 1 aliphatic carbocycles. The molecule has 0 saturated heterocycles. The van der Waals surface area contributed by atoms with Gasteiger partial charge >= 0.3 is 0 Å². The van der Waals surface area contributed by atoms with Crippen LogP contribution in [0.25, 0.3) is 5.69 Å². The van der Waals surface area contributed by atoms with E-state index in [4.69, 9.17) is 4.74 Å². The Morgan fingerprint density at radius 3 is 2.79 bits per heavy atom. The number of aromatic nitrogens is 3. The molecule has 1 fully saturated rings. The average Bonchev–Trinajstić information content (AvgIpc) is 3.38. The number of hydrogen-bond donors (Lipinski definition) is 2. The van der Waals surface area contributed by atoms with Crippen LogP contribution in [0, 0.1) is 0 Å². The quantitative estimate of drug-likeness (QED) is 0.606. The van der Waals surface area contributed by atoms with Crippen molar-refractivity contribution in [1.29, 1.82) is 0 Å². The van der Waals surface area contributed by atoms with Crippen LogP contribution < -0.4 is 15.4 Å². The molecule has 0 radical (unpaired) electrons. The molecule has 0 aliphatic heterocycles. The van der Waals surface area contributed by atoms with E-state index in [0.717, 1.165) is 19.3 Å². The lowest BCUT2D eigenvalue weighted by atomic mass is 10.1. The smallest absolute Gasteiger partial charge is 0.273 e. The van der Waals surface area contributed by atoms with Gasteiger partial charge in [0.2, 0.25) is 0 Å². The molecule has 1 saturated carbocycles. The first kappa shape index (κ1) is 19.8. The number of nitrogens with one attached hydrogen (secondary N) is 2. The van der Waals surface area contributed by atoms with Crippen molar-refractivity contribution in [3.8, 4) is 11.4 Å². The van der Waals surface area contributed by atoms with E-state index < -0.39 is 0 Å². The van der Waals surface area contributed by atoms with Crippen LogP contribution in [-0.4, -0.2) is 53.2 Å². The Morgan fingerprint density at radius 2 is 2.07 bits per heavy atom. The highest BCUT2D eigenvalue weighted by molar-refractivity contribution is 5.95. The molecule has 150 valence electrons. The van der Waals surface area contributed by atoms with Gasteiger partial charge in [-0.2, -0.15) is 0 Å². The van der Waals surface area contributed by atoms with Gasteiger partial charge in [-0.1, -0.05) is 5.21 Å². The minimum atomic E-state index is -0.345. The largest absolute Gasteiger partial charge is 0.491 e. The lowest BCUT2D eigenvalue weighted by molar-refractivity contribution is 0.0942. The molecule has 0 bridgehead atoms. The molecule has 1 aromatic heterocycles. The number of carbonyl (C=O) groups is 2. The summed E-state index contributed by atoms with van der Waals surface area (Å²) in [5.41, 5.74) is 1.23. The number of carbonyl (C=O) groups excluding carboxylic acids is 2. The molecule has 0 unspecified atom stereocenters. The van der Waals surface area contributed by atoms with Gasteiger partial charge in [0.05, 0.1) is 19.5 Å². The molecule has 28 heavy (non-hydrogen) atoms. The highest BCUT2D eigenvalue weighted by Gasteiger charge is 2.25. The number of unbranched alkanes of at least 4 members (excludes halogenated alkanes) is 2. The number of amides is 2. The van der Waals surface area contributed by atoms with Gasteiger partial charge in [-0.15, -0.1) is 5.10 Å². The molecule has 8 nitrogen and oxygen atoms in total. The van der Waals surface area contributed by atoms with Crippen molar-refractivity contribution in [2.75, 3.05) is 20.3 Å². The fraction of sp³-hybridized carbons (Fsp3) is 0.474. The highest BCUT2D eigenvalue weighted by atomic mass is 19.1. The fourth-order valence-electron chi connectivity index (χ4n) is 2.63. The first-order valence-corrected chi connectivity index (χ1v) is 9.41. The zero-order valence-electron chi connectivity index (χ0n) is 15.8. The summed E-state index contributed by atoms with van der Waals surface area (Å²) in [6.45, 7) is 0.0377. The summed E-state index contributed by atoms with van der Waals surface area (Å²) >= 11 is 0. The SMILES string of the molecule is CNC(=O)c1ccc(-n2cc(C(=O)NC3CC3)nn2)c(OCCCCCF)c1. The minimum Gasteiger partial charge on any atom is -0.491 e. The molecule has 2 amide bonds. The zero-order chi connectivity index (χ0) is 19.9. The fourth-order valence-corrected chi connectivity index (χ4v) is 2.63. The number of rotatable bonds is 10. The number of hydrogen-bond acceptors (Lipinski definition) is 5. The van der Waals surface area contributed by atoms with E-state index in [-0.39, 0.29) is 30.2 Å². The van der Waals surface area contributed by atoms with Gasteiger partial charge in [0.15, 0.2) is 5.69 Å². The summed E-state index contributed by atoms with van der Waals surface area (Å²) in [7, 11) is 1.55. The summed E-state index contributed by atoms with van der Waals surface area (Å²) in [4.78, 5) is 24.1. The number of benzene rings is 1. The third kappa shape index (κ3) is 5.05. The van der Waals surface area contributed by atoms with E-state index in [2.05, 4.69) is 20.9 Å². The van der Waals surface area contributed by atoms with Crippen molar-refractivity contribution < 1.29 is 18.7 Å². The van der Waals surface area contributed by atoms with Crippen molar-refractivity contribution in [3.05, 3.63) is 35.7 Å². The van der Waals surface area contributed by atoms with E-state index in [1.54, 1.807) is 25.2 Å². The van der Waals surface area contributed by atoms with Crippen LogP contribution in [0.5, 0.6) is 5.75 Å². The maximum Gasteiger partial charge on any atom is 0.273 e. The Hall–Kier alpha value is -2.97. The van der Waals surface area contributed by atoms with E-state index >= 15 is 0 Å². The summed E-state index contributed by atoms with van der Waals surface area (Å²) in [5.74, 6) is -0.0539. The Labute approximate surface area is 162 Å². The Kier molecular flexibility index (Phi) is 6.57. The van der Waals surface area contributed by atoms with Crippen LogP contribution in [-0.2, 0) is 0 Å². The monoisotopic (exact) mass is 389 g/mol. The Balaban J connectivity index is 1.78. The lowest BCUT2D eigenvalue weighted by Gasteiger charge is -2.12. The Morgan fingerprint density at radius 1 is 1.25 bits per heavy atom. The average molecular weight is 389 g/mol. The van der Waals surface area contributed by atoms with E-state index in [9.17, 15) is 14.0 Å². The van der Waals surface area contributed by atoms with E-state index in [1.807, 2.05) is 0 Å². The van der Waals surface area contributed by atoms with Gasteiger partial charge in [0, 0.05) is 18.7 Å². The molecule has 1 aromatic carbocycles. The first-order valence-electron chi connectivity index (χ1n) is 9.41. The van der Waals surface area contributed by atoms with E-state index in [1.165, 1.54) is 10.9 Å². The van der Waals surface area contributed by atoms with Crippen molar-refractivity contribution in [1.82, 2.24) is 25.6 Å². The Bertz CT molecular complexity index is 835. The van der Waals surface area contributed by atoms with Gasteiger partial charge in [0.25, 0.3) is 11.8 Å². The summed E-state index contributed by atoms with van der Waals surface area (Å²) in [5, 5.41) is 13.4. The molecule has 1 aliphatic rings. The van der Waals surface area contributed by atoms with Gasteiger partial charge in [-0.25, -0.2) is 4.68 Å². The lowest BCUT2D eigenvalue weighted by Crippen LogP contribution is -2.25. The molecule has 9 heteroatoms. The predicted octanol–water partition coefficient (Wildman–Crippen LogP) is 2.04. The molecule has 0 spiro atoms. The van der Waals surface area contributed by atoms with Crippen molar-refractivity contribution in [2.45, 2.75) is 38.1 Å².